The fourth-order valence-corrected chi connectivity index (χ4v) is 1.95. The third-order valence-electron chi connectivity index (χ3n) is 3.10. The lowest BCUT2D eigenvalue weighted by Gasteiger charge is -2.39. The van der Waals surface area contributed by atoms with Gasteiger partial charge >= 0.3 is 0 Å². The summed E-state index contributed by atoms with van der Waals surface area (Å²) in [7, 11) is 0. The highest BCUT2D eigenvalue weighted by molar-refractivity contribution is 5.42. The minimum atomic E-state index is -1.51. The molecular formula is C13H15NO6. The first-order chi connectivity index (χ1) is 9.58. The Bertz CT molecular complexity index is 500. The fourth-order valence-electron chi connectivity index (χ4n) is 1.95. The van der Waals surface area contributed by atoms with Crippen molar-refractivity contribution < 1.29 is 29.9 Å². The molecule has 4 N–H and O–H groups in total. The highest BCUT2D eigenvalue weighted by Crippen LogP contribution is 2.25. The first kappa shape index (κ1) is 14.7. The molecule has 0 saturated carbocycles. The molecule has 7 heteroatoms. The molecule has 5 atom stereocenters. The van der Waals surface area contributed by atoms with Gasteiger partial charge in [-0.1, -0.05) is 12.1 Å². The van der Waals surface area contributed by atoms with E-state index in [4.69, 9.17) is 19.8 Å². The van der Waals surface area contributed by atoms with E-state index >= 15 is 0 Å². The molecule has 0 bridgehead atoms. The third-order valence-corrected chi connectivity index (χ3v) is 3.10. The molecule has 0 unspecified atom stereocenters. The molecule has 1 heterocycles. The zero-order valence-electron chi connectivity index (χ0n) is 10.5. The fraction of sp³-hybridized carbons (Fsp3) is 0.462. The van der Waals surface area contributed by atoms with Gasteiger partial charge in [-0.25, -0.2) is 0 Å². The minimum Gasteiger partial charge on any atom is -0.461 e. The summed E-state index contributed by atoms with van der Waals surface area (Å²) in [6.07, 6.45) is -6.80. The van der Waals surface area contributed by atoms with Crippen molar-refractivity contribution in [2.24, 2.45) is 0 Å². The van der Waals surface area contributed by atoms with Crippen molar-refractivity contribution in [2.45, 2.75) is 30.7 Å². The highest BCUT2D eigenvalue weighted by Gasteiger charge is 2.44. The Balaban J connectivity index is 2.18. The summed E-state index contributed by atoms with van der Waals surface area (Å²) in [5, 5.41) is 47.1. The second-order valence-corrected chi connectivity index (χ2v) is 4.42. The van der Waals surface area contributed by atoms with Gasteiger partial charge in [0.25, 0.3) is 0 Å². The number of aliphatic hydroxyl groups excluding tert-OH is 4. The van der Waals surface area contributed by atoms with Gasteiger partial charge in [-0.2, -0.15) is 5.26 Å². The van der Waals surface area contributed by atoms with Crippen molar-refractivity contribution in [1.82, 2.24) is 0 Å². The van der Waals surface area contributed by atoms with Crippen LogP contribution in [0.1, 0.15) is 5.56 Å². The van der Waals surface area contributed by atoms with Gasteiger partial charge in [0.1, 0.15) is 36.2 Å². The first-order valence-corrected chi connectivity index (χ1v) is 6.04. The van der Waals surface area contributed by atoms with Crippen molar-refractivity contribution in [2.75, 3.05) is 6.61 Å². The lowest BCUT2D eigenvalue weighted by Crippen LogP contribution is -2.60. The summed E-state index contributed by atoms with van der Waals surface area (Å²) < 4.78 is 10.6. The van der Waals surface area contributed by atoms with E-state index in [0.29, 0.717) is 0 Å². The molecule has 1 fully saturated rings. The average molecular weight is 281 g/mol. The predicted molar refractivity (Wildman–Crippen MR) is 65.6 cm³/mol. The van der Waals surface area contributed by atoms with E-state index < -0.39 is 37.3 Å². The van der Waals surface area contributed by atoms with Crippen molar-refractivity contribution in [3.8, 4) is 11.8 Å². The van der Waals surface area contributed by atoms with Crippen LogP contribution in [0.4, 0.5) is 0 Å². The molecule has 1 aliphatic rings. The van der Waals surface area contributed by atoms with Crippen molar-refractivity contribution in [1.29, 1.82) is 5.26 Å². The number of benzene rings is 1. The molecule has 1 saturated heterocycles. The van der Waals surface area contributed by atoms with Crippen molar-refractivity contribution in [3.05, 3.63) is 29.8 Å². The number of nitriles is 1. The predicted octanol–water partition coefficient (Wildman–Crippen LogP) is -1.26. The van der Waals surface area contributed by atoms with Crippen LogP contribution in [0.5, 0.6) is 5.75 Å². The molecule has 0 radical (unpaired) electrons. The van der Waals surface area contributed by atoms with Crippen molar-refractivity contribution >= 4 is 0 Å². The molecule has 0 spiro atoms. The number of hydrogen-bond acceptors (Lipinski definition) is 7. The van der Waals surface area contributed by atoms with Gasteiger partial charge in [-0.15, -0.1) is 0 Å². The zero-order chi connectivity index (χ0) is 14.7. The maximum atomic E-state index is 9.82. The van der Waals surface area contributed by atoms with Gasteiger partial charge in [-0.05, 0) is 12.1 Å². The van der Waals surface area contributed by atoms with Crippen molar-refractivity contribution in [3.63, 3.8) is 0 Å². The second kappa shape index (κ2) is 6.17. The summed E-state index contributed by atoms with van der Waals surface area (Å²) in [5.41, 5.74) is 0.240. The van der Waals surface area contributed by atoms with E-state index in [1.54, 1.807) is 12.1 Å². The highest BCUT2D eigenvalue weighted by atomic mass is 16.7. The maximum Gasteiger partial charge on any atom is 0.229 e. The second-order valence-electron chi connectivity index (χ2n) is 4.42. The summed E-state index contributed by atoms with van der Waals surface area (Å²) in [6.45, 7) is -0.537. The molecule has 0 aliphatic carbocycles. The van der Waals surface area contributed by atoms with Gasteiger partial charge in [-0.3, -0.25) is 0 Å². The lowest BCUT2D eigenvalue weighted by atomic mass is 9.99. The molecule has 108 valence electrons. The SMILES string of the molecule is N#Cc1ccccc1O[C@H]1O[C@H](CO)[C@H](O)[C@H](O)[C@H]1O. The molecule has 7 nitrogen and oxygen atoms in total. The lowest BCUT2D eigenvalue weighted by molar-refractivity contribution is -0.277. The van der Waals surface area contributed by atoms with Crippen LogP contribution in [-0.2, 0) is 4.74 Å². The van der Waals surface area contributed by atoms with Crippen LogP contribution in [0.15, 0.2) is 24.3 Å². The minimum absolute atomic E-state index is 0.180. The quantitative estimate of drug-likeness (QED) is 0.545. The van der Waals surface area contributed by atoms with E-state index in [0.717, 1.165) is 0 Å². The van der Waals surface area contributed by atoms with Crippen LogP contribution in [0.3, 0.4) is 0 Å². The van der Waals surface area contributed by atoms with Crippen LogP contribution < -0.4 is 4.74 Å². The molecule has 1 aromatic rings. The van der Waals surface area contributed by atoms with E-state index in [9.17, 15) is 15.3 Å². The van der Waals surface area contributed by atoms with Gasteiger partial charge in [0.05, 0.1) is 12.2 Å². The first-order valence-electron chi connectivity index (χ1n) is 6.04. The number of ether oxygens (including phenoxy) is 2. The van der Waals surface area contributed by atoms with Gasteiger partial charge in [0.15, 0.2) is 0 Å². The molecule has 0 amide bonds. The normalized spacial score (nSPS) is 33.5. The number of hydrogen-bond donors (Lipinski definition) is 4. The standard InChI is InChI=1S/C13H15NO6/c14-5-7-3-1-2-4-8(7)19-13-12(18)11(17)10(16)9(6-15)20-13/h1-4,9-13,15-18H,6H2/t9-,10+,11+,12-,13+/m1/s1. The molecule has 1 aromatic carbocycles. The van der Waals surface area contributed by atoms with E-state index in [1.807, 2.05) is 6.07 Å². The Morgan fingerprint density at radius 2 is 1.85 bits per heavy atom. The maximum absolute atomic E-state index is 9.82. The Labute approximate surface area is 115 Å². The van der Waals surface area contributed by atoms with Crippen LogP contribution in [0.2, 0.25) is 0 Å². The third kappa shape index (κ3) is 2.75. The number of rotatable bonds is 3. The Kier molecular flexibility index (Phi) is 4.54. The Morgan fingerprint density at radius 1 is 1.15 bits per heavy atom. The summed E-state index contributed by atoms with van der Waals surface area (Å²) >= 11 is 0. The van der Waals surface area contributed by atoms with Crippen LogP contribution >= 0.6 is 0 Å². The number of nitrogens with zero attached hydrogens (tertiary/aromatic N) is 1. The van der Waals surface area contributed by atoms with Crippen LogP contribution in [0, 0.1) is 11.3 Å². The monoisotopic (exact) mass is 281 g/mol. The summed E-state index contributed by atoms with van der Waals surface area (Å²) in [6, 6.07) is 8.25. The Morgan fingerprint density at radius 3 is 2.50 bits per heavy atom. The van der Waals surface area contributed by atoms with E-state index in [2.05, 4.69) is 0 Å². The number of aliphatic hydroxyl groups is 4. The zero-order valence-corrected chi connectivity index (χ0v) is 10.5. The number of para-hydroxylation sites is 1. The molecule has 2 rings (SSSR count). The molecule has 1 aliphatic heterocycles. The average Bonchev–Trinajstić information content (AvgIpc) is 2.48. The van der Waals surface area contributed by atoms with Crippen LogP contribution in [0.25, 0.3) is 0 Å². The van der Waals surface area contributed by atoms with Gasteiger partial charge in [0, 0.05) is 0 Å². The van der Waals surface area contributed by atoms with Gasteiger partial charge in [0.2, 0.25) is 6.29 Å². The largest absolute Gasteiger partial charge is 0.461 e. The van der Waals surface area contributed by atoms with Gasteiger partial charge < -0.3 is 29.9 Å². The summed E-state index contributed by atoms with van der Waals surface area (Å²) in [5.74, 6) is 0.180. The summed E-state index contributed by atoms with van der Waals surface area (Å²) in [4.78, 5) is 0. The van der Waals surface area contributed by atoms with E-state index in [-0.39, 0.29) is 11.3 Å². The smallest absolute Gasteiger partial charge is 0.229 e. The topological polar surface area (TPSA) is 123 Å². The molecule has 0 aromatic heterocycles. The Hall–Kier alpha value is -1.69. The molecular weight excluding hydrogens is 266 g/mol. The van der Waals surface area contributed by atoms with E-state index in [1.165, 1.54) is 12.1 Å². The molecule has 20 heavy (non-hydrogen) atoms. The van der Waals surface area contributed by atoms with Crippen LogP contribution in [-0.4, -0.2) is 57.7 Å².